The molecule has 0 saturated heterocycles. The normalized spacial score (nSPS) is 22.2. The summed E-state index contributed by atoms with van der Waals surface area (Å²) in [7, 11) is 0. The van der Waals surface area contributed by atoms with Crippen LogP contribution in [0.2, 0.25) is 0 Å². The van der Waals surface area contributed by atoms with E-state index in [1.165, 1.54) is 36.4 Å². The van der Waals surface area contributed by atoms with Crippen LogP contribution in [0.25, 0.3) is 0 Å². The van der Waals surface area contributed by atoms with Crippen molar-refractivity contribution in [1.82, 2.24) is 0 Å². The summed E-state index contributed by atoms with van der Waals surface area (Å²) in [5.74, 6) is -9.46. The number of aliphatic hydroxyl groups excluding tert-OH is 3. The van der Waals surface area contributed by atoms with Crippen LogP contribution in [-0.2, 0) is 13.0 Å². The van der Waals surface area contributed by atoms with Gasteiger partial charge in [-0.15, -0.1) is 0 Å². The van der Waals surface area contributed by atoms with Crippen molar-refractivity contribution >= 4 is 0 Å². The van der Waals surface area contributed by atoms with Gasteiger partial charge in [0.15, 0.2) is 40.6 Å². The molecule has 0 radical (unpaired) electrons. The molecule has 0 fully saturated rings. The van der Waals surface area contributed by atoms with Gasteiger partial charge in [-0.3, -0.25) is 0 Å². The second kappa shape index (κ2) is 15.5. The lowest BCUT2D eigenvalue weighted by Crippen LogP contribution is -2.39. The van der Waals surface area contributed by atoms with E-state index in [4.69, 9.17) is 18.9 Å². The van der Waals surface area contributed by atoms with Crippen molar-refractivity contribution in [2.45, 2.75) is 55.4 Å². The molecule has 0 aliphatic carbocycles. The molecule has 6 aromatic rings. The van der Waals surface area contributed by atoms with Gasteiger partial charge >= 0.3 is 0 Å². The molecule has 9 rings (SSSR count). The van der Waals surface area contributed by atoms with Gasteiger partial charge in [-0.05, 0) is 53.1 Å². The number of aliphatic hydroxyl groups is 3. The summed E-state index contributed by atoms with van der Waals surface area (Å²) >= 11 is 0. The van der Waals surface area contributed by atoms with E-state index in [9.17, 15) is 71.5 Å². The van der Waals surface area contributed by atoms with Crippen LogP contribution < -0.4 is 18.9 Å². The zero-order valence-corrected chi connectivity index (χ0v) is 33.1. The molecule has 18 heteroatoms. The molecule has 18 nitrogen and oxygen atoms in total. The molecule has 3 aliphatic rings. The molecule has 332 valence electrons. The summed E-state index contributed by atoms with van der Waals surface area (Å²) < 4.78 is 24.9. The Kier molecular flexibility index (Phi) is 10.1. The first-order chi connectivity index (χ1) is 30.5. The van der Waals surface area contributed by atoms with Crippen molar-refractivity contribution in [3.05, 3.63) is 123 Å². The molecule has 2 unspecified atom stereocenters. The lowest BCUT2D eigenvalue weighted by atomic mass is 9.74. The second-order valence-corrected chi connectivity index (χ2v) is 15.8. The van der Waals surface area contributed by atoms with Crippen molar-refractivity contribution in [2.75, 3.05) is 6.61 Å². The standard InChI is InChI=1S/C46H40O18/c47-20-10-29(55)36(34(11-20)61-15-17-1-4-22(48)26(52)7-17)37-33(59)16-62-35-14-31(57)39-41(42(60)44(64-46(39)40(35)37)19-3-6-24(50)28(54)9-19)38-30(56)13-25(51)21-12-32(58)43(63-45(21)38)18-2-5-23(49)27(53)8-18/h1-11,13-14,32-33,37,41-44,47-60H,12,15-16H2/t32-,33+,37-,41?,42-,43-,44?/m1/s1. The van der Waals surface area contributed by atoms with Gasteiger partial charge in [-0.2, -0.15) is 0 Å². The molecule has 7 atom stereocenters. The minimum atomic E-state index is -1.83. The van der Waals surface area contributed by atoms with Gasteiger partial charge in [0.25, 0.3) is 0 Å². The highest BCUT2D eigenvalue weighted by atomic mass is 16.5. The van der Waals surface area contributed by atoms with Gasteiger partial charge in [-0.25, -0.2) is 0 Å². The van der Waals surface area contributed by atoms with Crippen molar-refractivity contribution in [3.63, 3.8) is 0 Å². The van der Waals surface area contributed by atoms with Crippen molar-refractivity contribution < 1.29 is 90.4 Å². The molecule has 6 aromatic carbocycles. The lowest BCUT2D eigenvalue weighted by Gasteiger charge is -2.43. The second-order valence-electron chi connectivity index (χ2n) is 15.8. The summed E-state index contributed by atoms with van der Waals surface area (Å²) in [4.78, 5) is 0. The number of rotatable bonds is 7. The number of aromatic hydroxyl groups is 11. The van der Waals surface area contributed by atoms with Crippen molar-refractivity contribution in [3.8, 4) is 86.2 Å². The first-order valence-electron chi connectivity index (χ1n) is 19.7. The predicted molar refractivity (Wildman–Crippen MR) is 219 cm³/mol. The number of hydrogen-bond acceptors (Lipinski definition) is 18. The van der Waals surface area contributed by atoms with Gasteiger partial charge in [0.1, 0.15) is 77.2 Å². The van der Waals surface area contributed by atoms with Crippen LogP contribution in [0.5, 0.6) is 86.2 Å². The van der Waals surface area contributed by atoms with E-state index in [-0.39, 0.29) is 80.7 Å². The predicted octanol–water partition coefficient (Wildman–Crippen LogP) is 4.58. The van der Waals surface area contributed by atoms with E-state index >= 15 is 0 Å². The fourth-order valence-electron chi connectivity index (χ4n) is 8.84. The van der Waals surface area contributed by atoms with Gasteiger partial charge in [-0.1, -0.05) is 18.2 Å². The molecular weight excluding hydrogens is 840 g/mol. The SMILES string of the molecule is Oc1cc(O)c([C@@H]2c3c(cc(O)c4c3OC(c3ccc(O)c(O)c3)[C@H](O)C4c3c(O)cc(O)c4c3O[C@H](c3ccc(O)c(O)c3)[C@H](O)C4)OC[C@@H]2O)c(OCc2ccc(O)c(O)c2)c1. The summed E-state index contributed by atoms with van der Waals surface area (Å²) in [6.45, 7) is -0.703. The minimum absolute atomic E-state index is 0.0227. The summed E-state index contributed by atoms with van der Waals surface area (Å²) in [6.07, 6.45) is -7.87. The molecule has 3 aliphatic heterocycles. The topological polar surface area (TPSA) is 320 Å². The quantitative estimate of drug-likeness (QED) is 0.0976. The third-order valence-electron chi connectivity index (χ3n) is 11.8. The fraction of sp³-hybridized carbons (Fsp3) is 0.217. The maximum absolute atomic E-state index is 12.5. The third-order valence-corrected chi connectivity index (χ3v) is 11.8. The van der Waals surface area contributed by atoms with E-state index in [2.05, 4.69) is 0 Å². The Hall–Kier alpha value is -7.80. The number of phenols is 11. The van der Waals surface area contributed by atoms with E-state index in [1.807, 2.05) is 0 Å². The third kappa shape index (κ3) is 6.89. The number of hydrogen-bond donors (Lipinski definition) is 14. The summed E-state index contributed by atoms with van der Waals surface area (Å²) in [6, 6.07) is 15.4. The summed E-state index contributed by atoms with van der Waals surface area (Å²) in [5, 5.41) is 154. The highest BCUT2D eigenvalue weighted by Crippen LogP contribution is 2.61. The largest absolute Gasteiger partial charge is 0.508 e. The number of fused-ring (bicyclic) bond motifs is 4. The van der Waals surface area contributed by atoms with Crippen LogP contribution in [0.3, 0.4) is 0 Å². The fourth-order valence-corrected chi connectivity index (χ4v) is 8.84. The monoisotopic (exact) mass is 880 g/mol. The Morgan fingerprint density at radius 2 is 1.06 bits per heavy atom. The zero-order chi connectivity index (χ0) is 45.5. The first kappa shape index (κ1) is 41.5. The van der Waals surface area contributed by atoms with Gasteiger partial charge < -0.3 is 90.4 Å². The van der Waals surface area contributed by atoms with Crippen molar-refractivity contribution in [2.24, 2.45) is 0 Å². The highest BCUT2D eigenvalue weighted by molar-refractivity contribution is 5.71. The number of benzene rings is 6. The van der Waals surface area contributed by atoms with Gasteiger partial charge in [0.2, 0.25) is 0 Å². The molecule has 0 bridgehead atoms. The Bertz CT molecular complexity index is 2840. The smallest absolute Gasteiger partial charge is 0.157 e. The Labute approximate surface area is 361 Å². The molecule has 0 spiro atoms. The molecule has 14 N–H and O–H groups in total. The molecule has 0 aromatic heterocycles. The molecular formula is C46H40O18. The van der Waals surface area contributed by atoms with Gasteiger partial charge in [0.05, 0.1) is 24.0 Å². The van der Waals surface area contributed by atoms with E-state index in [0.717, 1.165) is 42.5 Å². The molecule has 0 amide bonds. The van der Waals surface area contributed by atoms with E-state index in [1.54, 1.807) is 0 Å². The summed E-state index contributed by atoms with van der Waals surface area (Å²) in [5.41, 5.74) is -0.0586. The van der Waals surface area contributed by atoms with Crippen LogP contribution in [0.1, 0.15) is 68.6 Å². The molecule has 0 saturated carbocycles. The first-order valence-corrected chi connectivity index (χ1v) is 19.7. The maximum Gasteiger partial charge on any atom is 0.157 e. The zero-order valence-electron chi connectivity index (χ0n) is 33.1. The Balaban J connectivity index is 1.27. The number of ether oxygens (including phenoxy) is 4. The minimum Gasteiger partial charge on any atom is -0.508 e. The van der Waals surface area contributed by atoms with E-state index < -0.39 is 106 Å². The number of phenolic OH excluding ortho intramolecular Hbond substituents is 11. The average molecular weight is 881 g/mol. The highest BCUT2D eigenvalue weighted by Gasteiger charge is 2.50. The van der Waals surface area contributed by atoms with Crippen LogP contribution in [-0.4, -0.2) is 96.4 Å². The van der Waals surface area contributed by atoms with Crippen molar-refractivity contribution in [1.29, 1.82) is 0 Å². The lowest BCUT2D eigenvalue weighted by molar-refractivity contribution is -0.00133. The van der Waals surface area contributed by atoms with E-state index in [0.29, 0.717) is 5.56 Å². The van der Waals surface area contributed by atoms with Crippen LogP contribution >= 0.6 is 0 Å². The molecule has 3 heterocycles. The average Bonchev–Trinajstić information content (AvgIpc) is 3.24. The van der Waals surface area contributed by atoms with Gasteiger partial charge in [0, 0.05) is 58.5 Å². The maximum atomic E-state index is 12.5. The van der Waals surface area contributed by atoms with Crippen LogP contribution in [0.4, 0.5) is 0 Å². The Morgan fingerprint density at radius 3 is 1.72 bits per heavy atom. The van der Waals surface area contributed by atoms with Crippen LogP contribution in [0.15, 0.2) is 78.9 Å². The van der Waals surface area contributed by atoms with Crippen LogP contribution in [0, 0.1) is 0 Å². The Morgan fingerprint density at radius 1 is 0.484 bits per heavy atom. The molecule has 64 heavy (non-hydrogen) atoms.